The molecule has 2 heterocycles. The Morgan fingerprint density at radius 1 is 1.05 bits per heavy atom. The van der Waals surface area contributed by atoms with Crippen LogP contribution in [0.5, 0.6) is 0 Å². The van der Waals surface area contributed by atoms with Crippen molar-refractivity contribution in [2.24, 2.45) is 11.3 Å². The minimum Gasteiger partial charge on any atom is -0.351 e. The predicted octanol–water partition coefficient (Wildman–Crippen LogP) is 3.11. The molecule has 3 fully saturated rings. The van der Waals surface area contributed by atoms with Gasteiger partial charge in [0, 0.05) is 44.2 Å². The minimum absolute atomic E-state index is 0.0526. The smallest absolute Gasteiger partial charge is 0.245 e. The number of likely N-dealkylation sites (tertiary alicyclic amines) is 1. The molecule has 0 bridgehead atoms. The number of amides is 3. The van der Waals surface area contributed by atoms with Gasteiger partial charge in [0.2, 0.25) is 17.7 Å². The number of hydrogen-bond acceptors (Lipinski definition) is 5. The lowest BCUT2D eigenvalue weighted by Crippen LogP contribution is -2.62. The first kappa shape index (κ1) is 30.5. The molecule has 2 unspecified atom stereocenters. The van der Waals surface area contributed by atoms with E-state index < -0.39 is 11.5 Å². The highest BCUT2D eigenvalue weighted by atomic mass is 16.2. The second kappa shape index (κ2) is 13.0. The van der Waals surface area contributed by atoms with Gasteiger partial charge in [-0.15, -0.1) is 0 Å². The number of carbonyl (C=O) groups is 3. The molecular weight excluding hydrogens is 502 g/mol. The van der Waals surface area contributed by atoms with Gasteiger partial charge in [-0.3, -0.25) is 14.4 Å². The fourth-order valence-electron chi connectivity index (χ4n) is 6.79. The molecule has 3 N–H and O–H groups in total. The standard InChI is InChI=1S/C32H51N5O3/c1-23-21-33-27(22-36(23)5)28(38)34-26(20-24-12-8-6-9-13-24)29(39)37-18-16-32(17-19-37,25-14-10-7-11-15-25)30(40)35-31(2,3)4/h6,8-9,12-13,23,25-27,33H,7,10-11,14-22H2,1-5H3,(H,34,38)(H,35,40)/t23?,26?,27-/m0/s1. The number of hydrogen-bond donors (Lipinski definition) is 3. The summed E-state index contributed by atoms with van der Waals surface area (Å²) in [6.45, 7) is 10.7. The Balaban J connectivity index is 1.48. The van der Waals surface area contributed by atoms with Crippen LogP contribution in [0.1, 0.15) is 78.2 Å². The van der Waals surface area contributed by atoms with Gasteiger partial charge in [0.25, 0.3) is 0 Å². The topological polar surface area (TPSA) is 93.8 Å². The summed E-state index contributed by atoms with van der Waals surface area (Å²) in [5.74, 6) is 0.321. The van der Waals surface area contributed by atoms with Crippen LogP contribution in [0.4, 0.5) is 0 Å². The van der Waals surface area contributed by atoms with Crippen molar-refractivity contribution in [2.45, 2.75) is 103 Å². The van der Waals surface area contributed by atoms with Crippen molar-refractivity contribution >= 4 is 17.7 Å². The zero-order valence-corrected chi connectivity index (χ0v) is 25.3. The fraction of sp³-hybridized carbons (Fsp3) is 0.719. The van der Waals surface area contributed by atoms with E-state index in [-0.39, 0.29) is 29.3 Å². The number of likely N-dealkylation sites (N-methyl/N-ethyl adjacent to an activating group) is 1. The maximum Gasteiger partial charge on any atom is 0.245 e. The quantitative estimate of drug-likeness (QED) is 0.483. The van der Waals surface area contributed by atoms with Crippen LogP contribution in [0, 0.1) is 11.3 Å². The van der Waals surface area contributed by atoms with E-state index in [2.05, 4.69) is 27.8 Å². The third kappa shape index (κ3) is 7.43. The van der Waals surface area contributed by atoms with Crippen LogP contribution in [0.3, 0.4) is 0 Å². The molecule has 1 aromatic rings. The Bertz CT molecular complexity index is 1010. The maximum absolute atomic E-state index is 14.0. The van der Waals surface area contributed by atoms with Crippen LogP contribution in [0.15, 0.2) is 30.3 Å². The largest absolute Gasteiger partial charge is 0.351 e. The van der Waals surface area contributed by atoms with Crippen molar-refractivity contribution in [3.63, 3.8) is 0 Å². The molecule has 222 valence electrons. The molecule has 1 saturated carbocycles. The molecular formula is C32H51N5O3. The number of piperidine rings is 1. The van der Waals surface area contributed by atoms with E-state index in [0.717, 1.165) is 24.9 Å². The number of nitrogens with zero attached hydrogens (tertiary/aromatic N) is 2. The van der Waals surface area contributed by atoms with E-state index in [0.29, 0.717) is 50.9 Å². The van der Waals surface area contributed by atoms with E-state index in [1.807, 2.05) is 63.1 Å². The highest BCUT2D eigenvalue weighted by molar-refractivity contribution is 5.90. The number of benzene rings is 1. The average Bonchev–Trinajstić information content (AvgIpc) is 2.94. The Labute approximate surface area is 241 Å². The van der Waals surface area contributed by atoms with Crippen molar-refractivity contribution < 1.29 is 14.4 Å². The van der Waals surface area contributed by atoms with Crippen LogP contribution >= 0.6 is 0 Å². The molecule has 3 aliphatic rings. The zero-order valence-electron chi connectivity index (χ0n) is 25.3. The van der Waals surface area contributed by atoms with Crippen molar-refractivity contribution in [2.75, 3.05) is 33.2 Å². The Hall–Kier alpha value is -2.45. The van der Waals surface area contributed by atoms with Crippen LogP contribution < -0.4 is 16.0 Å². The van der Waals surface area contributed by atoms with Gasteiger partial charge in [0.15, 0.2) is 0 Å². The third-order valence-electron chi connectivity index (χ3n) is 9.39. The number of piperazine rings is 1. The van der Waals surface area contributed by atoms with Crippen LogP contribution in [-0.4, -0.2) is 84.4 Å². The van der Waals surface area contributed by atoms with E-state index in [1.165, 1.54) is 19.3 Å². The van der Waals surface area contributed by atoms with E-state index in [1.54, 1.807) is 0 Å². The van der Waals surface area contributed by atoms with Gasteiger partial charge in [-0.05, 0) is 71.9 Å². The molecule has 1 aliphatic carbocycles. The summed E-state index contributed by atoms with van der Waals surface area (Å²) in [4.78, 5) is 45.2. The maximum atomic E-state index is 14.0. The molecule has 40 heavy (non-hydrogen) atoms. The van der Waals surface area contributed by atoms with E-state index >= 15 is 0 Å². The number of nitrogens with one attached hydrogen (secondary N) is 3. The molecule has 8 heteroatoms. The summed E-state index contributed by atoms with van der Waals surface area (Å²) in [5, 5.41) is 9.73. The Morgan fingerprint density at radius 2 is 1.70 bits per heavy atom. The summed E-state index contributed by atoms with van der Waals surface area (Å²) >= 11 is 0. The molecule has 0 aromatic heterocycles. The lowest BCUT2D eigenvalue weighted by atomic mass is 9.63. The van der Waals surface area contributed by atoms with E-state index in [4.69, 9.17) is 0 Å². The number of rotatable bonds is 7. The molecule has 2 aliphatic heterocycles. The zero-order chi connectivity index (χ0) is 28.9. The van der Waals surface area contributed by atoms with Gasteiger partial charge in [0.05, 0.1) is 11.5 Å². The normalized spacial score (nSPS) is 25.2. The predicted molar refractivity (Wildman–Crippen MR) is 159 cm³/mol. The second-order valence-corrected chi connectivity index (χ2v) is 13.5. The lowest BCUT2D eigenvalue weighted by molar-refractivity contribution is -0.147. The van der Waals surface area contributed by atoms with Gasteiger partial charge in [-0.1, -0.05) is 49.6 Å². The summed E-state index contributed by atoms with van der Waals surface area (Å²) in [6.07, 6.45) is 7.54. The van der Waals surface area contributed by atoms with E-state index in [9.17, 15) is 14.4 Å². The molecule has 0 radical (unpaired) electrons. The Morgan fingerprint density at radius 3 is 2.30 bits per heavy atom. The minimum atomic E-state index is -0.646. The monoisotopic (exact) mass is 553 g/mol. The summed E-state index contributed by atoms with van der Waals surface area (Å²) in [6, 6.07) is 9.25. The summed E-state index contributed by atoms with van der Waals surface area (Å²) < 4.78 is 0. The first-order valence-corrected chi connectivity index (χ1v) is 15.4. The third-order valence-corrected chi connectivity index (χ3v) is 9.39. The molecule has 4 rings (SSSR count). The van der Waals surface area contributed by atoms with Crippen LogP contribution in [0.25, 0.3) is 0 Å². The van der Waals surface area contributed by atoms with Crippen molar-refractivity contribution in [3.05, 3.63) is 35.9 Å². The van der Waals surface area contributed by atoms with Gasteiger partial charge >= 0.3 is 0 Å². The Kier molecular flexibility index (Phi) is 9.93. The average molecular weight is 554 g/mol. The van der Waals surface area contributed by atoms with Crippen molar-refractivity contribution in [3.8, 4) is 0 Å². The van der Waals surface area contributed by atoms with Crippen LogP contribution in [0.2, 0.25) is 0 Å². The van der Waals surface area contributed by atoms with Gasteiger partial charge in [-0.25, -0.2) is 0 Å². The summed E-state index contributed by atoms with van der Waals surface area (Å²) in [7, 11) is 2.03. The lowest BCUT2D eigenvalue weighted by Gasteiger charge is -2.48. The second-order valence-electron chi connectivity index (χ2n) is 13.5. The molecule has 2 saturated heterocycles. The van der Waals surface area contributed by atoms with Gasteiger partial charge < -0.3 is 25.8 Å². The molecule has 8 nitrogen and oxygen atoms in total. The fourth-order valence-corrected chi connectivity index (χ4v) is 6.79. The first-order chi connectivity index (χ1) is 19.0. The molecule has 1 aromatic carbocycles. The van der Waals surface area contributed by atoms with Crippen LogP contribution in [-0.2, 0) is 20.8 Å². The van der Waals surface area contributed by atoms with Crippen molar-refractivity contribution in [1.82, 2.24) is 25.8 Å². The highest BCUT2D eigenvalue weighted by Crippen LogP contribution is 2.46. The molecule has 3 atom stereocenters. The van der Waals surface area contributed by atoms with Gasteiger partial charge in [0.1, 0.15) is 6.04 Å². The summed E-state index contributed by atoms with van der Waals surface area (Å²) in [5.41, 5.74) is 0.285. The highest BCUT2D eigenvalue weighted by Gasteiger charge is 2.49. The van der Waals surface area contributed by atoms with Crippen molar-refractivity contribution in [1.29, 1.82) is 0 Å². The molecule has 0 spiro atoms. The molecule has 3 amide bonds. The SMILES string of the molecule is CC1CN[C@H](C(=O)NC(Cc2ccccc2)C(=O)N2CCC(C(=O)NC(C)(C)C)(C3CCCCC3)CC2)CN1C. The first-order valence-electron chi connectivity index (χ1n) is 15.4. The van der Waals surface area contributed by atoms with Gasteiger partial charge in [-0.2, -0.15) is 0 Å². The number of carbonyl (C=O) groups excluding carboxylic acids is 3.